The van der Waals surface area contributed by atoms with Crippen LogP contribution in [0.4, 0.5) is 5.69 Å². The van der Waals surface area contributed by atoms with E-state index >= 15 is 0 Å². The number of benzene rings is 1. The first-order chi connectivity index (χ1) is 13.9. The first kappa shape index (κ1) is 20.8. The number of likely N-dealkylation sites (tertiary alicyclic amines) is 1. The summed E-state index contributed by atoms with van der Waals surface area (Å²) in [5.74, 6) is -0.786. The van der Waals surface area contributed by atoms with Crippen molar-refractivity contribution in [1.82, 2.24) is 10.2 Å². The second-order valence-corrected chi connectivity index (χ2v) is 7.68. The Morgan fingerprint density at radius 1 is 1.24 bits per heavy atom. The molecule has 7 nitrogen and oxygen atoms in total. The van der Waals surface area contributed by atoms with Crippen molar-refractivity contribution in [2.24, 2.45) is 5.92 Å². The lowest BCUT2D eigenvalue weighted by atomic mass is 9.72. The van der Waals surface area contributed by atoms with Gasteiger partial charge >= 0.3 is 0 Å². The highest BCUT2D eigenvalue weighted by Crippen LogP contribution is 2.36. The van der Waals surface area contributed by atoms with Crippen LogP contribution in [0.25, 0.3) is 0 Å². The van der Waals surface area contributed by atoms with E-state index in [0.29, 0.717) is 50.9 Å². The van der Waals surface area contributed by atoms with Crippen molar-refractivity contribution in [2.75, 3.05) is 18.4 Å². The maximum absolute atomic E-state index is 12.6. The van der Waals surface area contributed by atoms with Crippen molar-refractivity contribution in [1.29, 1.82) is 0 Å². The standard InChI is InChI=1S/C22H27N3O4/c1-3-19(27)25-13-10-15(11-14-25)20(28)23-17-7-5-16(6-8-17)22(4-2)12-9-18(26)24-21(22)29/h3,5-8,15H,1,4,9-14H2,2H3,(H,23,28)(H,24,26,29). The maximum Gasteiger partial charge on any atom is 0.245 e. The molecule has 0 bridgehead atoms. The highest BCUT2D eigenvalue weighted by atomic mass is 16.2. The maximum atomic E-state index is 12.6. The van der Waals surface area contributed by atoms with Crippen molar-refractivity contribution < 1.29 is 19.2 Å². The van der Waals surface area contributed by atoms with Crippen LogP contribution >= 0.6 is 0 Å². The Labute approximate surface area is 170 Å². The number of carbonyl (C=O) groups is 4. The minimum Gasteiger partial charge on any atom is -0.339 e. The molecule has 1 unspecified atom stereocenters. The quantitative estimate of drug-likeness (QED) is 0.588. The fraction of sp³-hybridized carbons (Fsp3) is 0.455. The zero-order valence-electron chi connectivity index (χ0n) is 16.7. The lowest BCUT2D eigenvalue weighted by Gasteiger charge is -2.35. The van der Waals surface area contributed by atoms with Gasteiger partial charge in [0.05, 0.1) is 5.41 Å². The van der Waals surface area contributed by atoms with Crippen LogP contribution in [0.15, 0.2) is 36.9 Å². The third-order valence-electron chi connectivity index (χ3n) is 6.13. The number of anilines is 1. The van der Waals surface area contributed by atoms with E-state index in [1.54, 1.807) is 17.0 Å². The number of rotatable bonds is 5. The molecule has 2 saturated heterocycles. The third-order valence-corrected chi connectivity index (χ3v) is 6.13. The molecule has 154 valence electrons. The first-order valence-corrected chi connectivity index (χ1v) is 10.1. The van der Waals surface area contributed by atoms with Gasteiger partial charge in [-0.05, 0) is 49.5 Å². The Bertz CT molecular complexity index is 825. The predicted molar refractivity (Wildman–Crippen MR) is 109 cm³/mol. The zero-order valence-corrected chi connectivity index (χ0v) is 16.7. The fourth-order valence-corrected chi connectivity index (χ4v) is 4.17. The summed E-state index contributed by atoms with van der Waals surface area (Å²) in [4.78, 5) is 49.9. The van der Waals surface area contributed by atoms with Crippen LogP contribution < -0.4 is 10.6 Å². The summed E-state index contributed by atoms with van der Waals surface area (Å²) in [7, 11) is 0. The average molecular weight is 397 g/mol. The molecule has 0 saturated carbocycles. The van der Waals surface area contributed by atoms with Crippen LogP contribution in [0, 0.1) is 5.92 Å². The van der Waals surface area contributed by atoms with E-state index < -0.39 is 5.41 Å². The van der Waals surface area contributed by atoms with Crippen LogP contribution in [0.3, 0.4) is 0 Å². The van der Waals surface area contributed by atoms with Gasteiger partial charge in [-0.15, -0.1) is 0 Å². The molecule has 2 heterocycles. The zero-order chi connectivity index (χ0) is 21.0. The number of hydrogen-bond acceptors (Lipinski definition) is 4. The summed E-state index contributed by atoms with van der Waals surface area (Å²) in [6, 6.07) is 7.29. The van der Waals surface area contributed by atoms with Gasteiger partial charge in [-0.1, -0.05) is 25.6 Å². The van der Waals surface area contributed by atoms with Gasteiger partial charge in [-0.2, -0.15) is 0 Å². The van der Waals surface area contributed by atoms with Crippen molar-refractivity contribution in [3.63, 3.8) is 0 Å². The van der Waals surface area contributed by atoms with Crippen molar-refractivity contribution >= 4 is 29.3 Å². The summed E-state index contributed by atoms with van der Waals surface area (Å²) in [6.07, 6.45) is 3.95. The minimum absolute atomic E-state index is 0.0605. The van der Waals surface area contributed by atoms with Gasteiger partial charge in [0.25, 0.3) is 0 Å². The molecular formula is C22H27N3O4. The van der Waals surface area contributed by atoms with Crippen LogP contribution in [0.1, 0.15) is 44.6 Å². The van der Waals surface area contributed by atoms with Gasteiger partial charge in [-0.25, -0.2) is 0 Å². The van der Waals surface area contributed by atoms with Crippen LogP contribution in [-0.2, 0) is 24.6 Å². The van der Waals surface area contributed by atoms with Crippen molar-refractivity contribution in [2.45, 2.75) is 44.4 Å². The van der Waals surface area contributed by atoms with Gasteiger partial charge in [0.2, 0.25) is 23.6 Å². The number of amides is 4. The number of nitrogens with zero attached hydrogens (tertiary/aromatic N) is 1. The molecule has 7 heteroatoms. The van der Waals surface area contributed by atoms with Gasteiger partial charge < -0.3 is 10.2 Å². The molecule has 2 N–H and O–H groups in total. The monoisotopic (exact) mass is 397 g/mol. The summed E-state index contributed by atoms with van der Waals surface area (Å²) in [5.41, 5.74) is 0.808. The van der Waals surface area contributed by atoms with Crippen molar-refractivity contribution in [3.8, 4) is 0 Å². The van der Waals surface area contributed by atoms with Crippen molar-refractivity contribution in [3.05, 3.63) is 42.5 Å². The Morgan fingerprint density at radius 3 is 2.45 bits per heavy atom. The summed E-state index contributed by atoms with van der Waals surface area (Å²) in [6.45, 7) is 6.53. The Hall–Kier alpha value is -2.96. The van der Waals surface area contributed by atoms with E-state index in [9.17, 15) is 19.2 Å². The first-order valence-electron chi connectivity index (χ1n) is 10.1. The average Bonchev–Trinajstić information content (AvgIpc) is 2.74. The predicted octanol–water partition coefficient (Wildman–Crippen LogP) is 2.13. The minimum atomic E-state index is -0.707. The fourth-order valence-electron chi connectivity index (χ4n) is 4.17. The highest BCUT2D eigenvalue weighted by molar-refractivity contribution is 6.03. The van der Waals surface area contributed by atoms with E-state index in [4.69, 9.17) is 0 Å². The number of imide groups is 1. The largest absolute Gasteiger partial charge is 0.339 e. The highest BCUT2D eigenvalue weighted by Gasteiger charge is 2.42. The molecule has 2 aliphatic heterocycles. The number of piperidine rings is 2. The molecule has 2 aliphatic rings. The molecule has 1 aromatic carbocycles. The van der Waals surface area contributed by atoms with E-state index in [1.807, 2.05) is 19.1 Å². The van der Waals surface area contributed by atoms with Gasteiger partial charge in [0.15, 0.2) is 0 Å². The summed E-state index contributed by atoms with van der Waals surface area (Å²) >= 11 is 0. The number of hydrogen-bond donors (Lipinski definition) is 2. The lowest BCUT2D eigenvalue weighted by Crippen LogP contribution is -2.51. The molecule has 1 atom stereocenters. The molecule has 0 aliphatic carbocycles. The smallest absolute Gasteiger partial charge is 0.245 e. The molecule has 1 aromatic rings. The lowest BCUT2D eigenvalue weighted by molar-refractivity contribution is -0.138. The Morgan fingerprint density at radius 2 is 1.90 bits per heavy atom. The Kier molecular flexibility index (Phi) is 6.15. The van der Waals surface area contributed by atoms with E-state index in [-0.39, 0.29) is 29.5 Å². The third kappa shape index (κ3) is 4.23. The summed E-state index contributed by atoms with van der Waals surface area (Å²) in [5, 5.41) is 5.37. The van der Waals surface area contributed by atoms with E-state index in [2.05, 4.69) is 17.2 Å². The second-order valence-electron chi connectivity index (χ2n) is 7.68. The van der Waals surface area contributed by atoms with Gasteiger partial charge in [-0.3, -0.25) is 24.5 Å². The topological polar surface area (TPSA) is 95.6 Å². The molecule has 0 radical (unpaired) electrons. The molecule has 3 rings (SSSR count). The SMILES string of the molecule is C=CC(=O)N1CCC(C(=O)Nc2ccc(C3(CC)CCC(=O)NC3=O)cc2)CC1. The molecule has 29 heavy (non-hydrogen) atoms. The van der Waals surface area contributed by atoms with E-state index in [0.717, 1.165) is 5.56 Å². The molecule has 4 amide bonds. The second kappa shape index (κ2) is 8.59. The van der Waals surface area contributed by atoms with Crippen LogP contribution in [0.2, 0.25) is 0 Å². The molecular weight excluding hydrogens is 370 g/mol. The van der Waals surface area contributed by atoms with Gasteiger partial charge in [0, 0.05) is 31.1 Å². The normalized spacial score (nSPS) is 22.7. The molecule has 0 aromatic heterocycles. The van der Waals surface area contributed by atoms with E-state index in [1.165, 1.54) is 6.08 Å². The Balaban J connectivity index is 1.63. The van der Waals surface area contributed by atoms with Gasteiger partial charge in [0.1, 0.15) is 0 Å². The molecule has 2 fully saturated rings. The van der Waals surface area contributed by atoms with Crippen LogP contribution in [0.5, 0.6) is 0 Å². The number of nitrogens with one attached hydrogen (secondary N) is 2. The molecule has 0 spiro atoms. The summed E-state index contributed by atoms with van der Waals surface area (Å²) < 4.78 is 0. The van der Waals surface area contributed by atoms with Crippen LogP contribution in [-0.4, -0.2) is 41.6 Å². The number of carbonyl (C=O) groups excluding carboxylic acids is 4.